The van der Waals surface area contributed by atoms with Gasteiger partial charge in [-0.05, 0) is 13.0 Å². The van der Waals surface area contributed by atoms with E-state index in [4.69, 9.17) is 23.1 Å². The molecule has 1 heterocycles. The highest BCUT2D eigenvalue weighted by Crippen LogP contribution is 2.20. The second kappa shape index (κ2) is 2.98. The number of pyridine rings is 1. The Hall–Kier alpha value is -1.29. The van der Waals surface area contributed by atoms with Gasteiger partial charge < -0.3 is 11.5 Å². The van der Waals surface area contributed by atoms with Crippen molar-refractivity contribution >= 4 is 23.3 Å². The second-order valence-electron chi connectivity index (χ2n) is 2.37. The third kappa shape index (κ3) is 1.48. The van der Waals surface area contributed by atoms with Crippen molar-refractivity contribution in [1.29, 1.82) is 0 Å². The molecule has 0 aliphatic carbocycles. The number of hydrogen-bond acceptors (Lipinski definition) is 3. The summed E-state index contributed by atoms with van der Waals surface area (Å²) in [5.41, 5.74) is 11.2. The number of aromatic nitrogens is 1. The summed E-state index contributed by atoms with van der Waals surface area (Å²) >= 11 is 5.71. The molecule has 0 unspecified atom stereocenters. The van der Waals surface area contributed by atoms with Gasteiger partial charge in [0.25, 0.3) is 5.91 Å². The summed E-state index contributed by atoms with van der Waals surface area (Å²) < 4.78 is 0. The Labute approximate surface area is 74.5 Å². The Bertz CT molecular complexity index is 314. The first kappa shape index (κ1) is 8.80. The number of anilines is 1. The number of primary amides is 1. The molecule has 4 N–H and O–H groups in total. The lowest BCUT2D eigenvalue weighted by molar-refractivity contribution is 0.100. The van der Waals surface area contributed by atoms with E-state index in [0.29, 0.717) is 5.69 Å². The number of rotatable bonds is 1. The molecule has 0 aliphatic rings. The molecule has 0 bridgehead atoms. The first-order valence-corrected chi connectivity index (χ1v) is 3.62. The maximum Gasteiger partial charge on any atom is 0.253 e. The summed E-state index contributed by atoms with van der Waals surface area (Å²) in [5, 5.41) is 0.243. The number of halogens is 1. The predicted octanol–water partition coefficient (Wildman–Crippen LogP) is 0.725. The van der Waals surface area contributed by atoms with Crippen molar-refractivity contribution in [3.05, 3.63) is 22.3 Å². The van der Waals surface area contributed by atoms with Crippen LogP contribution in [0.15, 0.2) is 6.07 Å². The van der Waals surface area contributed by atoms with E-state index in [1.807, 2.05) is 0 Å². The van der Waals surface area contributed by atoms with Gasteiger partial charge in [-0.15, -0.1) is 0 Å². The number of aryl methyl sites for hydroxylation is 1. The van der Waals surface area contributed by atoms with E-state index in [2.05, 4.69) is 4.98 Å². The lowest BCUT2D eigenvalue weighted by Crippen LogP contribution is -2.15. The van der Waals surface area contributed by atoms with Gasteiger partial charge in [0.05, 0.1) is 10.6 Å². The molecular weight excluding hydrogens is 178 g/mol. The number of carbonyl (C=O) groups excluding carboxylic acids is 1. The molecule has 64 valence electrons. The zero-order chi connectivity index (χ0) is 9.30. The summed E-state index contributed by atoms with van der Waals surface area (Å²) in [6, 6.07) is 1.54. The van der Waals surface area contributed by atoms with Crippen LogP contribution in [0.5, 0.6) is 0 Å². The molecule has 1 aromatic heterocycles. The molecule has 4 nitrogen and oxygen atoms in total. The molecule has 1 aromatic rings. The third-order valence-electron chi connectivity index (χ3n) is 1.37. The second-order valence-corrected chi connectivity index (χ2v) is 2.78. The van der Waals surface area contributed by atoms with Gasteiger partial charge in [-0.2, -0.15) is 0 Å². The van der Waals surface area contributed by atoms with E-state index in [1.165, 1.54) is 6.07 Å². The minimum atomic E-state index is -0.662. The van der Waals surface area contributed by atoms with Crippen LogP contribution >= 0.6 is 11.6 Å². The standard InChI is InChI=1S/C7H8ClN3O/c1-3-2-4(8)5(7(10)12)6(9)11-3/h2H,1H3,(H2,9,11)(H2,10,12). The first-order chi connectivity index (χ1) is 5.52. The van der Waals surface area contributed by atoms with Crippen molar-refractivity contribution in [1.82, 2.24) is 4.98 Å². The molecule has 1 amide bonds. The van der Waals surface area contributed by atoms with Crippen LogP contribution in [0.3, 0.4) is 0 Å². The maximum absolute atomic E-state index is 10.8. The largest absolute Gasteiger partial charge is 0.383 e. The monoisotopic (exact) mass is 185 g/mol. The molecule has 0 saturated heterocycles. The normalized spacial score (nSPS) is 9.83. The number of amides is 1. The molecule has 0 fully saturated rings. The number of hydrogen-bond donors (Lipinski definition) is 2. The average Bonchev–Trinajstić information content (AvgIpc) is 1.82. The topological polar surface area (TPSA) is 82.0 Å². The zero-order valence-corrected chi connectivity index (χ0v) is 7.22. The molecule has 0 aliphatic heterocycles. The summed E-state index contributed by atoms with van der Waals surface area (Å²) in [6.07, 6.45) is 0. The van der Waals surface area contributed by atoms with Crippen LogP contribution in [0.25, 0.3) is 0 Å². The Morgan fingerprint density at radius 3 is 2.67 bits per heavy atom. The highest BCUT2D eigenvalue weighted by molar-refractivity contribution is 6.34. The van der Waals surface area contributed by atoms with Crippen molar-refractivity contribution in [2.45, 2.75) is 6.92 Å². The minimum Gasteiger partial charge on any atom is -0.383 e. The molecular formula is C7H8ClN3O. The van der Waals surface area contributed by atoms with Gasteiger partial charge in [-0.1, -0.05) is 11.6 Å². The van der Waals surface area contributed by atoms with Gasteiger partial charge in [-0.3, -0.25) is 4.79 Å². The fourth-order valence-corrected chi connectivity index (χ4v) is 1.25. The molecule has 0 aromatic carbocycles. The molecule has 0 spiro atoms. The summed E-state index contributed by atoms with van der Waals surface area (Å²) in [7, 11) is 0. The van der Waals surface area contributed by atoms with E-state index < -0.39 is 5.91 Å². The van der Waals surface area contributed by atoms with Crippen LogP contribution in [-0.2, 0) is 0 Å². The molecule has 12 heavy (non-hydrogen) atoms. The van der Waals surface area contributed by atoms with Crippen LogP contribution in [0, 0.1) is 6.92 Å². The maximum atomic E-state index is 10.8. The minimum absolute atomic E-state index is 0.0764. The van der Waals surface area contributed by atoms with E-state index in [9.17, 15) is 4.79 Å². The molecule has 0 radical (unpaired) electrons. The van der Waals surface area contributed by atoms with Crippen LogP contribution in [0.2, 0.25) is 5.02 Å². The summed E-state index contributed by atoms with van der Waals surface area (Å²) in [4.78, 5) is 14.6. The number of carbonyl (C=O) groups is 1. The Balaban J connectivity index is 3.38. The van der Waals surface area contributed by atoms with Gasteiger partial charge >= 0.3 is 0 Å². The van der Waals surface area contributed by atoms with Gasteiger partial charge in [0.15, 0.2) is 0 Å². The fraction of sp³-hybridized carbons (Fsp3) is 0.143. The van der Waals surface area contributed by atoms with E-state index in [-0.39, 0.29) is 16.4 Å². The van der Waals surface area contributed by atoms with Crippen LogP contribution < -0.4 is 11.5 Å². The number of nitrogens with zero attached hydrogens (tertiary/aromatic N) is 1. The predicted molar refractivity (Wildman–Crippen MR) is 46.9 cm³/mol. The van der Waals surface area contributed by atoms with Crippen molar-refractivity contribution in [3.8, 4) is 0 Å². The summed E-state index contributed by atoms with van der Waals surface area (Å²) in [6.45, 7) is 1.73. The van der Waals surface area contributed by atoms with E-state index in [1.54, 1.807) is 6.92 Å². The van der Waals surface area contributed by atoms with E-state index >= 15 is 0 Å². The average molecular weight is 186 g/mol. The lowest BCUT2D eigenvalue weighted by Gasteiger charge is -2.03. The Kier molecular flexibility index (Phi) is 2.19. The first-order valence-electron chi connectivity index (χ1n) is 3.25. The molecule has 0 saturated carbocycles. The van der Waals surface area contributed by atoms with Gasteiger partial charge in [-0.25, -0.2) is 4.98 Å². The van der Waals surface area contributed by atoms with Crippen molar-refractivity contribution < 1.29 is 4.79 Å². The SMILES string of the molecule is Cc1cc(Cl)c(C(N)=O)c(N)n1. The van der Waals surface area contributed by atoms with Crippen LogP contribution in [0.4, 0.5) is 5.82 Å². The van der Waals surface area contributed by atoms with Gasteiger partial charge in [0.1, 0.15) is 5.82 Å². The Morgan fingerprint density at radius 1 is 1.67 bits per heavy atom. The van der Waals surface area contributed by atoms with Crippen molar-refractivity contribution in [2.24, 2.45) is 5.73 Å². The quantitative estimate of drug-likeness (QED) is 0.677. The number of nitrogen functional groups attached to an aromatic ring is 1. The lowest BCUT2D eigenvalue weighted by atomic mass is 10.2. The van der Waals surface area contributed by atoms with E-state index in [0.717, 1.165) is 0 Å². The Morgan fingerprint density at radius 2 is 2.25 bits per heavy atom. The summed E-state index contributed by atoms with van der Waals surface area (Å²) in [5.74, 6) is -0.586. The highest BCUT2D eigenvalue weighted by atomic mass is 35.5. The smallest absolute Gasteiger partial charge is 0.253 e. The number of nitrogens with two attached hydrogens (primary N) is 2. The molecule has 0 atom stereocenters. The van der Waals surface area contributed by atoms with Crippen molar-refractivity contribution in [2.75, 3.05) is 5.73 Å². The highest BCUT2D eigenvalue weighted by Gasteiger charge is 2.12. The van der Waals surface area contributed by atoms with Crippen LogP contribution in [0.1, 0.15) is 16.1 Å². The van der Waals surface area contributed by atoms with Gasteiger partial charge in [0, 0.05) is 5.69 Å². The van der Waals surface area contributed by atoms with Crippen LogP contribution in [-0.4, -0.2) is 10.9 Å². The zero-order valence-electron chi connectivity index (χ0n) is 6.47. The molecule has 5 heteroatoms. The fourth-order valence-electron chi connectivity index (χ4n) is 0.900. The third-order valence-corrected chi connectivity index (χ3v) is 1.67. The molecule has 1 rings (SSSR count). The van der Waals surface area contributed by atoms with Gasteiger partial charge in [0.2, 0.25) is 0 Å². The van der Waals surface area contributed by atoms with Crippen molar-refractivity contribution in [3.63, 3.8) is 0 Å².